The molecule has 3 aliphatic rings. The molecule has 0 aromatic carbocycles. The zero-order valence-electron chi connectivity index (χ0n) is 30.2. The normalized spacial score (nSPS) is 30.7. The molecule has 0 aromatic heterocycles. The van der Waals surface area contributed by atoms with Crippen molar-refractivity contribution in [3.63, 3.8) is 0 Å². The number of aliphatic hydroxyl groups excluding tert-OH is 1. The Labute approximate surface area is 291 Å². The molecule has 1 heterocycles. The van der Waals surface area contributed by atoms with E-state index in [1.165, 1.54) is 11.8 Å². The van der Waals surface area contributed by atoms with E-state index in [4.69, 9.17) is 5.73 Å². The zero-order valence-corrected chi connectivity index (χ0v) is 30.2. The van der Waals surface area contributed by atoms with E-state index in [0.29, 0.717) is 31.7 Å². The van der Waals surface area contributed by atoms with Crippen molar-refractivity contribution < 1.29 is 33.5 Å². The van der Waals surface area contributed by atoms with Gasteiger partial charge in [0, 0.05) is 39.1 Å². The Morgan fingerprint density at radius 2 is 1.47 bits per heavy atom. The Morgan fingerprint density at radius 1 is 0.837 bits per heavy atom. The summed E-state index contributed by atoms with van der Waals surface area (Å²) < 4.78 is 14.2. The lowest BCUT2D eigenvalue weighted by atomic mass is 9.83. The minimum atomic E-state index is -1.36. The van der Waals surface area contributed by atoms with Crippen LogP contribution < -0.4 is 27.0 Å². The Morgan fingerprint density at radius 3 is 2.04 bits per heavy atom. The van der Waals surface area contributed by atoms with Gasteiger partial charge in [0.25, 0.3) is 0 Å². The monoisotopic (exact) mass is 695 g/mol. The summed E-state index contributed by atoms with van der Waals surface area (Å²) in [6, 6.07) is -5.97. The molecule has 13 nitrogen and oxygen atoms in total. The smallest absolute Gasteiger partial charge is 0.245 e. The molecule has 6 unspecified atom stereocenters. The van der Waals surface area contributed by atoms with Gasteiger partial charge in [-0.15, -0.1) is 0 Å². The third-order valence-corrected chi connectivity index (χ3v) is 10.4. The van der Waals surface area contributed by atoms with Crippen molar-refractivity contribution in [1.29, 1.82) is 0 Å². The fourth-order valence-corrected chi connectivity index (χ4v) is 7.69. The number of rotatable bonds is 9. The highest BCUT2D eigenvalue weighted by Gasteiger charge is 2.40. The van der Waals surface area contributed by atoms with Gasteiger partial charge in [0.05, 0.1) is 18.8 Å². The van der Waals surface area contributed by atoms with Gasteiger partial charge in [0.15, 0.2) is 0 Å². The van der Waals surface area contributed by atoms with Gasteiger partial charge in [-0.2, -0.15) is 0 Å². The number of nitrogens with one attached hydrogen (secondary N) is 4. The highest BCUT2D eigenvalue weighted by Crippen LogP contribution is 2.29. The molecule has 14 heteroatoms. The molecule has 1 saturated heterocycles. The van der Waals surface area contributed by atoms with Crippen LogP contribution >= 0.6 is 0 Å². The van der Waals surface area contributed by atoms with E-state index < -0.39 is 78.6 Å². The third kappa shape index (κ3) is 11.6. The van der Waals surface area contributed by atoms with Crippen molar-refractivity contribution in [3.8, 4) is 0 Å². The van der Waals surface area contributed by atoms with Gasteiger partial charge in [-0.1, -0.05) is 46.0 Å². The summed E-state index contributed by atoms with van der Waals surface area (Å²) in [5, 5.41) is 21.6. The van der Waals surface area contributed by atoms with Gasteiger partial charge in [0.2, 0.25) is 29.5 Å². The Kier molecular flexibility index (Phi) is 16.2. The summed E-state index contributed by atoms with van der Waals surface area (Å²) in [4.78, 5) is 72.7. The molecule has 7 N–H and O–H groups in total. The maximum Gasteiger partial charge on any atom is 0.245 e. The van der Waals surface area contributed by atoms with Crippen LogP contribution in [0.5, 0.6) is 0 Å². The fraction of sp³-hybridized carbons (Fsp3) is 0.857. The number of likely N-dealkylation sites (N-methyl/N-ethyl adjacent to an activating group) is 1. The average Bonchev–Trinajstić information content (AvgIpc) is 3.57. The van der Waals surface area contributed by atoms with Crippen LogP contribution in [0, 0.1) is 17.8 Å². The quantitative estimate of drug-likeness (QED) is 0.206. The second-order valence-corrected chi connectivity index (χ2v) is 15.0. The van der Waals surface area contributed by atoms with Crippen LogP contribution in [-0.4, -0.2) is 120 Å². The van der Waals surface area contributed by atoms with Gasteiger partial charge in [-0.3, -0.25) is 33.3 Å². The first-order chi connectivity index (χ1) is 23.3. The van der Waals surface area contributed by atoms with Crippen molar-refractivity contribution in [2.45, 2.75) is 141 Å². The van der Waals surface area contributed by atoms with E-state index in [1.807, 2.05) is 18.7 Å². The van der Waals surface area contributed by atoms with Gasteiger partial charge in [-0.25, -0.2) is 0 Å². The molecule has 7 atom stereocenters. The number of halogens is 1. The van der Waals surface area contributed by atoms with Crippen LogP contribution in [-0.2, 0) is 24.0 Å². The SMILES string of the molecule is CC(C)CC1C(=O)NC(C2CCCCC2)C(=O)NC(CN)C(=O)NC(C(C)O)C(=O)N[C@H](C)CN(CC2CCCC2)C(CCF)C(=O)N1C. The molecule has 2 saturated carbocycles. The number of hydrogen-bond acceptors (Lipinski definition) is 8. The lowest BCUT2D eigenvalue weighted by molar-refractivity contribution is -0.145. The number of carbonyl (C=O) groups is 5. The zero-order chi connectivity index (χ0) is 36.2. The van der Waals surface area contributed by atoms with Crippen molar-refractivity contribution in [2.75, 3.05) is 33.4 Å². The number of alkyl halides is 1. The molecule has 2 aliphatic carbocycles. The second kappa shape index (κ2) is 19.5. The molecule has 3 fully saturated rings. The first kappa shape index (κ1) is 40.6. The summed E-state index contributed by atoms with van der Waals surface area (Å²) in [6.45, 7) is 6.71. The highest BCUT2D eigenvalue weighted by atomic mass is 19.1. The van der Waals surface area contributed by atoms with Gasteiger partial charge >= 0.3 is 0 Å². The van der Waals surface area contributed by atoms with Crippen LogP contribution in [0.2, 0.25) is 0 Å². The van der Waals surface area contributed by atoms with E-state index >= 15 is 0 Å². The molecular weight excluding hydrogens is 633 g/mol. The van der Waals surface area contributed by atoms with Crippen LogP contribution in [0.3, 0.4) is 0 Å². The average molecular weight is 696 g/mol. The molecule has 0 aromatic rings. The number of nitrogens with two attached hydrogens (primary N) is 1. The van der Waals surface area contributed by atoms with E-state index in [0.717, 1.165) is 44.9 Å². The van der Waals surface area contributed by atoms with Gasteiger partial charge in [0.1, 0.15) is 24.2 Å². The standard InChI is InChI=1S/C35H62FN7O6/c1-21(2)17-28-32(46)41-30(25-13-7-6-8-14-25)34(48)39-26(18-37)31(45)40-29(23(4)44)33(47)38-22(3)19-43(20-24-11-9-10-12-24)27(15-16-36)35(49)42(28)5/h21-30,44H,6-20,37H2,1-5H3,(H,38,47)(H,39,48)(H,40,45)(H,41,46)/t22-,23?,26?,27?,28?,29?,30?/m1/s1. The van der Waals surface area contributed by atoms with Gasteiger partial charge < -0.3 is 37.0 Å². The van der Waals surface area contributed by atoms with Crippen LogP contribution in [0.15, 0.2) is 0 Å². The summed E-state index contributed by atoms with van der Waals surface area (Å²) >= 11 is 0. The molecule has 280 valence electrons. The minimum Gasteiger partial charge on any atom is -0.391 e. The molecule has 0 spiro atoms. The van der Waals surface area contributed by atoms with Crippen LogP contribution in [0.1, 0.15) is 98.3 Å². The Bertz CT molecular complexity index is 1110. The second-order valence-electron chi connectivity index (χ2n) is 15.0. The first-order valence-electron chi connectivity index (χ1n) is 18.4. The van der Waals surface area contributed by atoms with Crippen LogP contribution in [0.25, 0.3) is 0 Å². The number of carbonyl (C=O) groups excluding carboxylic acids is 5. The predicted octanol–water partition coefficient (Wildman–Crippen LogP) is 0.972. The van der Waals surface area contributed by atoms with E-state index in [9.17, 15) is 33.5 Å². The number of aliphatic hydroxyl groups is 1. The van der Waals surface area contributed by atoms with Crippen molar-refractivity contribution in [1.82, 2.24) is 31.1 Å². The lowest BCUT2D eigenvalue weighted by Crippen LogP contribution is -2.64. The minimum absolute atomic E-state index is 0.0162. The van der Waals surface area contributed by atoms with Crippen LogP contribution in [0.4, 0.5) is 4.39 Å². The van der Waals surface area contributed by atoms with E-state index in [-0.39, 0.29) is 31.3 Å². The molecule has 49 heavy (non-hydrogen) atoms. The third-order valence-electron chi connectivity index (χ3n) is 10.4. The Balaban J connectivity index is 2.09. The molecule has 0 radical (unpaired) electrons. The number of amides is 5. The molecule has 5 amide bonds. The van der Waals surface area contributed by atoms with Gasteiger partial charge in [-0.05, 0) is 63.7 Å². The summed E-state index contributed by atoms with van der Waals surface area (Å²) in [7, 11) is 1.56. The highest BCUT2D eigenvalue weighted by molar-refractivity contribution is 5.96. The maximum absolute atomic E-state index is 14.4. The predicted molar refractivity (Wildman–Crippen MR) is 185 cm³/mol. The van der Waals surface area contributed by atoms with Crippen molar-refractivity contribution in [3.05, 3.63) is 0 Å². The molecule has 0 bridgehead atoms. The first-order valence-corrected chi connectivity index (χ1v) is 18.4. The summed E-state index contributed by atoms with van der Waals surface area (Å²) in [5.41, 5.74) is 5.93. The number of nitrogens with zero attached hydrogens (tertiary/aromatic N) is 2. The largest absolute Gasteiger partial charge is 0.391 e. The van der Waals surface area contributed by atoms with E-state index in [2.05, 4.69) is 21.3 Å². The maximum atomic E-state index is 14.4. The Hall–Kier alpha value is -2.84. The molecule has 3 rings (SSSR count). The molecular formula is C35H62FN7O6. The fourth-order valence-electron chi connectivity index (χ4n) is 7.69. The topological polar surface area (TPSA) is 186 Å². The lowest BCUT2D eigenvalue weighted by Gasteiger charge is -2.39. The van der Waals surface area contributed by atoms with Crippen molar-refractivity contribution in [2.24, 2.45) is 23.5 Å². The number of hydrogen-bond donors (Lipinski definition) is 6. The summed E-state index contributed by atoms with van der Waals surface area (Å²) in [5.74, 6) is -2.75. The summed E-state index contributed by atoms with van der Waals surface area (Å²) in [6.07, 6.45) is 7.19. The molecule has 1 aliphatic heterocycles. The van der Waals surface area contributed by atoms with E-state index in [1.54, 1.807) is 14.0 Å². The van der Waals surface area contributed by atoms with Crippen molar-refractivity contribution >= 4 is 29.5 Å².